The minimum Gasteiger partial charge on any atom is -0.382 e. The van der Waals surface area contributed by atoms with E-state index in [2.05, 4.69) is 29.9 Å². The minimum absolute atomic E-state index is 0.0372. The molecule has 4 aromatic rings. The third kappa shape index (κ3) is 5.45. The van der Waals surface area contributed by atoms with Crippen molar-refractivity contribution in [2.75, 3.05) is 24.7 Å². The van der Waals surface area contributed by atoms with Crippen LogP contribution in [-0.4, -0.2) is 101 Å². The molecule has 0 aromatic carbocycles. The molecule has 3 aliphatic heterocycles. The average molecular weight is 688 g/mol. The van der Waals surface area contributed by atoms with E-state index in [1.807, 2.05) is 0 Å². The fourth-order valence-electron chi connectivity index (χ4n) is 5.27. The van der Waals surface area contributed by atoms with Crippen LogP contribution in [0.1, 0.15) is 12.5 Å². The van der Waals surface area contributed by atoms with Crippen molar-refractivity contribution < 1.29 is 45.8 Å². The second-order valence-corrected chi connectivity index (χ2v) is 14.5. The van der Waals surface area contributed by atoms with E-state index in [1.165, 1.54) is 10.9 Å². The number of anilines is 2. The standard InChI is InChI=1S/C20H21BF2N10O9P2S/c21-43(35)37-1-6-13(9(23)18(39-6)32-4-28-10-14(24)26-3-27-15(10)32)42-44(36,45)38-2-7-12(41-43)8(22)19(40-7)33-5-29-11-16(33)30-20(25)31-17(11)34/h3-9,12-13,18-19H,1-2H2,(H,36,45)(H2,24,26,27)(H3,25,30,31,34)/t6-,7-,8?,9+,12+,13?,18-,19-,43-,44?/m1/s1. The molecule has 0 aliphatic carbocycles. The maximum Gasteiger partial charge on any atom is 0.325 e. The van der Waals surface area contributed by atoms with Crippen LogP contribution in [0.5, 0.6) is 0 Å². The van der Waals surface area contributed by atoms with E-state index in [9.17, 15) is 14.3 Å². The molecule has 6 N–H and O–H groups in total. The van der Waals surface area contributed by atoms with Crippen molar-refractivity contribution in [2.45, 2.75) is 49.2 Å². The van der Waals surface area contributed by atoms with Gasteiger partial charge in [-0.1, -0.05) is 0 Å². The van der Waals surface area contributed by atoms with Crippen LogP contribution >= 0.6 is 14.2 Å². The Morgan fingerprint density at radius 1 is 0.956 bits per heavy atom. The SMILES string of the molecule is [B][P@@]1(=O)OC[C@H]2O[C@@H](n3cnc4c(N)ncnc43)[C@@H](F)C2OP(O)(=S)OC[C@H]2O[C@@H](n3cnc4c(=O)[nH]c(N)nc43)C(F)[C@H]2O1. The van der Waals surface area contributed by atoms with E-state index < -0.39 is 82.2 Å². The Morgan fingerprint density at radius 2 is 1.56 bits per heavy atom. The van der Waals surface area contributed by atoms with Crippen LogP contribution in [0.2, 0.25) is 0 Å². The monoisotopic (exact) mass is 688 g/mol. The Kier molecular flexibility index (Phi) is 7.55. The van der Waals surface area contributed by atoms with Gasteiger partial charge in [0.2, 0.25) is 13.5 Å². The van der Waals surface area contributed by atoms with Gasteiger partial charge in [-0.15, -0.1) is 0 Å². The minimum atomic E-state index is -4.62. The topological polar surface area (TPSA) is 252 Å². The summed E-state index contributed by atoms with van der Waals surface area (Å²) in [6.07, 6.45) is -9.99. The lowest BCUT2D eigenvalue weighted by molar-refractivity contribution is -0.0566. The molecule has 0 spiro atoms. The van der Waals surface area contributed by atoms with Crippen LogP contribution in [0.3, 0.4) is 0 Å². The smallest absolute Gasteiger partial charge is 0.325 e. The fraction of sp³-hybridized carbons (Fsp3) is 0.500. The zero-order valence-corrected chi connectivity index (χ0v) is 25.0. The Bertz CT molecular complexity index is 1950. The number of halogens is 2. The predicted molar refractivity (Wildman–Crippen MR) is 151 cm³/mol. The van der Waals surface area contributed by atoms with Crippen LogP contribution in [0.15, 0.2) is 23.8 Å². The van der Waals surface area contributed by atoms with Crippen molar-refractivity contribution in [3.63, 3.8) is 0 Å². The molecular formula is C20H21BF2N10O9P2S. The number of hydrogen-bond donors (Lipinski definition) is 4. The maximum atomic E-state index is 16.0. The molecule has 45 heavy (non-hydrogen) atoms. The summed E-state index contributed by atoms with van der Waals surface area (Å²) in [5.74, 6) is -0.235. The normalized spacial score (nSPS) is 37.7. The molecule has 3 unspecified atom stereocenters. The molecule has 0 saturated carbocycles. The van der Waals surface area contributed by atoms with E-state index >= 15 is 8.78 Å². The highest BCUT2D eigenvalue weighted by atomic mass is 32.5. The molecule has 10 atom stereocenters. The van der Waals surface area contributed by atoms with Crippen molar-refractivity contribution in [1.82, 2.24) is 39.0 Å². The van der Waals surface area contributed by atoms with E-state index in [4.69, 9.17) is 58.4 Å². The Labute approximate surface area is 255 Å². The van der Waals surface area contributed by atoms with Gasteiger partial charge in [0.15, 0.2) is 47.4 Å². The van der Waals surface area contributed by atoms with Gasteiger partial charge in [-0.05, 0) is 11.8 Å². The molecule has 2 radical (unpaired) electrons. The third-order valence-corrected chi connectivity index (χ3v) is 9.87. The first-order chi connectivity index (χ1) is 21.3. The van der Waals surface area contributed by atoms with E-state index in [0.717, 1.165) is 17.2 Å². The molecule has 7 heterocycles. The van der Waals surface area contributed by atoms with Gasteiger partial charge in [-0.2, -0.15) is 4.98 Å². The third-order valence-electron chi connectivity index (χ3n) is 7.26. The number of aromatic amines is 1. The molecule has 7 rings (SSSR count). The largest absolute Gasteiger partial charge is 0.382 e. The number of nitrogens with zero attached hydrogens (tertiary/aromatic N) is 7. The number of ether oxygens (including phenoxy) is 2. The van der Waals surface area contributed by atoms with Gasteiger partial charge in [-0.3, -0.25) is 28.0 Å². The van der Waals surface area contributed by atoms with Crippen LogP contribution in [0.25, 0.3) is 22.3 Å². The second kappa shape index (κ2) is 11.1. The maximum absolute atomic E-state index is 16.0. The highest BCUT2D eigenvalue weighted by Crippen LogP contribution is 2.54. The molecule has 3 aliphatic rings. The fourth-order valence-corrected chi connectivity index (χ4v) is 7.71. The van der Waals surface area contributed by atoms with Crippen molar-refractivity contribution in [1.29, 1.82) is 0 Å². The van der Waals surface area contributed by atoms with E-state index in [1.54, 1.807) is 0 Å². The summed E-state index contributed by atoms with van der Waals surface area (Å²) in [6.45, 7) is -5.72. The number of alkyl halides is 2. The quantitative estimate of drug-likeness (QED) is 0.159. The average Bonchev–Trinajstić information content (AvgIpc) is 3.72. The van der Waals surface area contributed by atoms with Gasteiger partial charge >= 0.3 is 6.72 Å². The number of H-pyrrole nitrogens is 1. The second-order valence-electron chi connectivity index (χ2n) is 10.1. The number of nitrogen functional groups attached to an aromatic ring is 2. The number of hydrogen-bond acceptors (Lipinski definition) is 16. The molecule has 19 nitrogen and oxygen atoms in total. The summed E-state index contributed by atoms with van der Waals surface area (Å²) in [7, 11) is 1.19. The molecule has 3 saturated heterocycles. The summed E-state index contributed by atoms with van der Waals surface area (Å²) in [5, 5.41) is 0. The highest BCUT2D eigenvalue weighted by Gasteiger charge is 2.53. The first-order valence-corrected chi connectivity index (χ1v) is 17.1. The zero-order chi connectivity index (χ0) is 31.8. The number of fused-ring (bicyclic) bond motifs is 4. The highest BCUT2D eigenvalue weighted by molar-refractivity contribution is 8.07. The first-order valence-electron chi connectivity index (χ1n) is 12.9. The molecular weight excluding hydrogens is 667 g/mol. The molecule has 238 valence electrons. The summed E-state index contributed by atoms with van der Waals surface area (Å²) >= 11 is 5.13. The Hall–Kier alpha value is -2.98. The van der Waals surface area contributed by atoms with Gasteiger partial charge in [-0.25, -0.2) is 28.7 Å². The molecule has 4 aromatic heterocycles. The molecule has 0 bridgehead atoms. The number of aromatic nitrogens is 8. The lowest BCUT2D eigenvalue weighted by atomic mass is 10.1. The van der Waals surface area contributed by atoms with E-state index in [0.29, 0.717) is 0 Å². The number of nitrogens with two attached hydrogens (primary N) is 2. The molecule has 3 fully saturated rings. The summed E-state index contributed by atoms with van der Waals surface area (Å²) in [6, 6.07) is 0. The van der Waals surface area contributed by atoms with Gasteiger partial charge in [0.1, 0.15) is 36.3 Å². The van der Waals surface area contributed by atoms with Crippen LogP contribution in [0, 0.1) is 0 Å². The van der Waals surface area contributed by atoms with Gasteiger partial charge < -0.3 is 39.4 Å². The van der Waals surface area contributed by atoms with Gasteiger partial charge in [0.05, 0.1) is 25.9 Å². The summed E-state index contributed by atoms with van der Waals surface area (Å²) in [5.41, 5.74) is 10.8. The first kappa shape index (κ1) is 30.7. The van der Waals surface area contributed by atoms with Crippen molar-refractivity contribution in [3.8, 4) is 0 Å². The number of imidazole rings is 2. The van der Waals surface area contributed by atoms with Gasteiger partial charge in [0, 0.05) is 0 Å². The summed E-state index contributed by atoms with van der Waals surface area (Å²) in [4.78, 5) is 45.3. The van der Waals surface area contributed by atoms with Gasteiger partial charge in [0.25, 0.3) is 13.0 Å². The van der Waals surface area contributed by atoms with Crippen LogP contribution in [-0.2, 0) is 43.9 Å². The van der Waals surface area contributed by atoms with Crippen LogP contribution in [0.4, 0.5) is 20.5 Å². The number of nitrogens with one attached hydrogen (secondary N) is 1. The summed E-state index contributed by atoms with van der Waals surface area (Å²) < 4.78 is 80.7. The van der Waals surface area contributed by atoms with Crippen molar-refractivity contribution >= 4 is 67.7 Å². The molecule has 25 heteroatoms. The Morgan fingerprint density at radius 3 is 2.24 bits per heavy atom. The van der Waals surface area contributed by atoms with E-state index in [-0.39, 0.29) is 34.1 Å². The molecule has 0 amide bonds. The lowest BCUT2D eigenvalue weighted by Gasteiger charge is -2.29. The van der Waals surface area contributed by atoms with Crippen LogP contribution < -0.4 is 17.0 Å². The lowest BCUT2D eigenvalue weighted by Crippen LogP contribution is -2.37. The number of rotatable bonds is 2. The predicted octanol–water partition coefficient (Wildman–Crippen LogP) is -0.0945. The Balaban J connectivity index is 1.17. The van der Waals surface area contributed by atoms with Crippen molar-refractivity contribution in [2.24, 2.45) is 0 Å². The zero-order valence-electron chi connectivity index (χ0n) is 22.4. The van der Waals surface area contributed by atoms with Crippen molar-refractivity contribution in [3.05, 3.63) is 29.3 Å².